The molecule has 0 aromatic rings. The quantitative estimate of drug-likeness (QED) is 0.513. The molecule has 3 heteroatoms. The highest BCUT2D eigenvalue weighted by Crippen LogP contribution is 2.38. The standard InChI is InChI=1S/C8H17NS2/c1-8(2,11-10)7-3-5-9-6-4-7/h7,9-10H,3-6H2,1-2H3. The molecule has 1 nitrogen and oxygen atoms in total. The van der Waals surface area contributed by atoms with Crippen LogP contribution in [0.15, 0.2) is 0 Å². The largest absolute Gasteiger partial charge is 0.317 e. The van der Waals surface area contributed by atoms with E-state index in [1.54, 1.807) is 10.8 Å². The zero-order valence-corrected chi connectivity index (χ0v) is 8.97. The van der Waals surface area contributed by atoms with E-state index in [0.29, 0.717) is 4.75 Å². The first-order valence-corrected chi connectivity index (χ1v) is 6.07. The van der Waals surface area contributed by atoms with Gasteiger partial charge in [-0.25, -0.2) is 0 Å². The lowest BCUT2D eigenvalue weighted by Crippen LogP contribution is -2.37. The van der Waals surface area contributed by atoms with Crippen LogP contribution < -0.4 is 5.32 Å². The van der Waals surface area contributed by atoms with Crippen molar-refractivity contribution < 1.29 is 0 Å². The molecule has 1 saturated heterocycles. The third-order valence-electron chi connectivity index (χ3n) is 2.56. The number of piperidine rings is 1. The fourth-order valence-corrected chi connectivity index (χ4v) is 2.42. The Kier molecular flexibility index (Phi) is 3.59. The maximum absolute atomic E-state index is 4.31. The normalized spacial score (nSPS) is 22.1. The van der Waals surface area contributed by atoms with Gasteiger partial charge < -0.3 is 5.32 Å². The van der Waals surface area contributed by atoms with Crippen molar-refractivity contribution in [2.24, 2.45) is 5.92 Å². The summed E-state index contributed by atoms with van der Waals surface area (Å²) in [5.41, 5.74) is 0. The molecule has 11 heavy (non-hydrogen) atoms. The second kappa shape index (κ2) is 4.06. The molecule has 0 aromatic carbocycles. The fraction of sp³-hybridized carbons (Fsp3) is 1.00. The zero-order chi connectivity index (χ0) is 8.32. The highest BCUT2D eigenvalue weighted by atomic mass is 33.1. The summed E-state index contributed by atoms with van der Waals surface area (Å²) < 4.78 is 0.352. The molecule has 0 aliphatic carbocycles. The van der Waals surface area contributed by atoms with Crippen LogP contribution in [0.3, 0.4) is 0 Å². The Hall–Kier alpha value is 0.660. The van der Waals surface area contributed by atoms with Crippen LogP contribution in [0.5, 0.6) is 0 Å². The molecule has 1 fully saturated rings. The average Bonchev–Trinajstić information content (AvgIpc) is 2.06. The molecule has 0 amide bonds. The van der Waals surface area contributed by atoms with Crippen LogP contribution in [-0.2, 0) is 0 Å². The van der Waals surface area contributed by atoms with E-state index in [4.69, 9.17) is 0 Å². The molecule has 0 aromatic heterocycles. The van der Waals surface area contributed by atoms with E-state index in [1.165, 1.54) is 25.9 Å². The van der Waals surface area contributed by atoms with Crippen molar-refractivity contribution in [3.05, 3.63) is 0 Å². The molecule has 0 radical (unpaired) electrons. The average molecular weight is 191 g/mol. The third kappa shape index (κ3) is 2.56. The van der Waals surface area contributed by atoms with Gasteiger partial charge in [0, 0.05) is 4.75 Å². The first-order valence-electron chi connectivity index (χ1n) is 4.20. The van der Waals surface area contributed by atoms with Gasteiger partial charge in [0.15, 0.2) is 0 Å². The van der Waals surface area contributed by atoms with Gasteiger partial charge in [0.2, 0.25) is 0 Å². The van der Waals surface area contributed by atoms with Gasteiger partial charge in [0.1, 0.15) is 0 Å². The van der Waals surface area contributed by atoms with Crippen LogP contribution in [0.2, 0.25) is 0 Å². The monoisotopic (exact) mass is 191 g/mol. The Morgan fingerprint density at radius 1 is 1.36 bits per heavy atom. The minimum Gasteiger partial charge on any atom is -0.317 e. The molecular weight excluding hydrogens is 174 g/mol. The van der Waals surface area contributed by atoms with Crippen molar-refractivity contribution in [1.82, 2.24) is 5.32 Å². The summed E-state index contributed by atoms with van der Waals surface area (Å²) in [4.78, 5) is 0. The van der Waals surface area contributed by atoms with Gasteiger partial charge >= 0.3 is 0 Å². The second-order valence-electron chi connectivity index (χ2n) is 3.72. The number of hydrogen-bond acceptors (Lipinski definition) is 3. The van der Waals surface area contributed by atoms with Crippen molar-refractivity contribution >= 4 is 22.5 Å². The van der Waals surface area contributed by atoms with Gasteiger partial charge in [-0.05, 0) is 45.7 Å². The predicted molar refractivity (Wildman–Crippen MR) is 56.2 cm³/mol. The summed E-state index contributed by atoms with van der Waals surface area (Å²) in [6.45, 7) is 6.95. The van der Waals surface area contributed by atoms with Gasteiger partial charge in [-0.2, -0.15) is 0 Å². The van der Waals surface area contributed by atoms with Crippen LogP contribution in [0.4, 0.5) is 0 Å². The maximum atomic E-state index is 4.31. The van der Waals surface area contributed by atoms with Gasteiger partial charge in [-0.15, -0.1) is 11.7 Å². The number of rotatable bonds is 2. The minimum absolute atomic E-state index is 0.352. The van der Waals surface area contributed by atoms with E-state index in [-0.39, 0.29) is 0 Å². The Morgan fingerprint density at radius 2 is 1.91 bits per heavy atom. The molecular formula is C8H17NS2. The SMILES string of the molecule is CC(C)(SS)C1CCNCC1. The van der Waals surface area contributed by atoms with E-state index in [0.717, 1.165) is 5.92 Å². The lowest BCUT2D eigenvalue weighted by molar-refractivity contribution is 0.318. The van der Waals surface area contributed by atoms with Crippen molar-refractivity contribution in [3.63, 3.8) is 0 Å². The number of hydrogen-bond donors (Lipinski definition) is 2. The van der Waals surface area contributed by atoms with Gasteiger partial charge in [0.05, 0.1) is 0 Å². The van der Waals surface area contributed by atoms with Crippen LogP contribution in [0, 0.1) is 5.92 Å². The highest BCUT2D eigenvalue weighted by Gasteiger charge is 2.29. The van der Waals surface area contributed by atoms with E-state index in [9.17, 15) is 0 Å². The molecule has 1 aliphatic rings. The summed E-state index contributed by atoms with van der Waals surface area (Å²) in [5, 5.41) is 3.38. The topological polar surface area (TPSA) is 12.0 Å². The van der Waals surface area contributed by atoms with Gasteiger partial charge in [-0.3, -0.25) is 0 Å². The second-order valence-corrected chi connectivity index (χ2v) is 5.50. The van der Waals surface area contributed by atoms with Crippen LogP contribution in [-0.4, -0.2) is 17.8 Å². The van der Waals surface area contributed by atoms with Crippen molar-refractivity contribution in [3.8, 4) is 0 Å². The predicted octanol–water partition coefficient (Wildman–Crippen LogP) is 2.34. The number of thiol groups is 1. The molecule has 66 valence electrons. The smallest absolute Gasteiger partial charge is 0.0234 e. The Morgan fingerprint density at radius 3 is 2.36 bits per heavy atom. The summed E-state index contributed by atoms with van der Waals surface area (Å²) in [7, 11) is 1.70. The molecule has 1 N–H and O–H groups in total. The molecule has 1 rings (SSSR count). The summed E-state index contributed by atoms with van der Waals surface area (Å²) in [6, 6.07) is 0. The molecule has 0 saturated carbocycles. The zero-order valence-electron chi connectivity index (χ0n) is 7.26. The Labute approximate surface area is 78.5 Å². The molecule has 0 unspecified atom stereocenters. The van der Waals surface area contributed by atoms with E-state index in [2.05, 4.69) is 30.8 Å². The number of nitrogens with one attached hydrogen (secondary N) is 1. The third-order valence-corrected chi connectivity index (χ3v) is 4.77. The molecule has 1 heterocycles. The van der Waals surface area contributed by atoms with Crippen LogP contribution in [0.25, 0.3) is 0 Å². The van der Waals surface area contributed by atoms with Crippen molar-refractivity contribution in [2.75, 3.05) is 13.1 Å². The molecule has 1 aliphatic heterocycles. The van der Waals surface area contributed by atoms with Crippen molar-refractivity contribution in [1.29, 1.82) is 0 Å². The summed E-state index contributed by atoms with van der Waals surface area (Å²) in [6.07, 6.45) is 2.61. The van der Waals surface area contributed by atoms with E-state index in [1.807, 2.05) is 0 Å². The molecule has 0 atom stereocenters. The Bertz CT molecular complexity index is 119. The molecule has 0 spiro atoms. The maximum Gasteiger partial charge on any atom is 0.0234 e. The van der Waals surface area contributed by atoms with Crippen LogP contribution in [0.1, 0.15) is 26.7 Å². The van der Waals surface area contributed by atoms with Gasteiger partial charge in [-0.1, -0.05) is 10.8 Å². The first kappa shape index (κ1) is 9.75. The van der Waals surface area contributed by atoms with Crippen LogP contribution >= 0.6 is 22.5 Å². The fourth-order valence-electron chi connectivity index (χ4n) is 1.59. The summed E-state index contributed by atoms with van der Waals surface area (Å²) >= 11 is 4.31. The minimum atomic E-state index is 0.352. The summed E-state index contributed by atoms with van der Waals surface area (Å²) in [5.74, 6) is 0.839. The first-order chi connectivity index (χ1) is 5.17. The van der Waals surface area contributed by atoms with Crippen molar-refractivity contribution in [2.45, 2.75) is 31.4 Å². The lowest BCUT2D eigenvalue weighted by atomic mass is 9.86. The lowest BCUT2D eigenvalue weighted by Gasteiger charge is -2.35. The highest BCUT2D eigenvalue weighted by molar-refractivity contribution is 8.69. The van der Waals surface area contributed by atoms with E-state index < -0.39 is 0 Å². The van der Waals surface area contributed by atoms with E-state index >= 15 is 0 Å². The Balaban J connectivity index is 2.43. The van der Waals surface area contributed by atoms with Gasteiger partial charge in [0.25, 0.3) is 0 Å². The molecule has 0 bridgehead atoms.